The van der Waals surface area contributed by atoms with Gasteiger partial charge < -0.3 is 10.4 Å². The first-order valence-corrected chi connectivity index (χ1v) is 8.06. The summed E-state index contributed by atoms with van der Waals surface area (Å²) in [6.45, 7) is -0.430. The monoisotopic (exact) mass is 336 g/mol. The lowest BCUT2D eigenvalue weighted by atomic mass is 9.97. The van der Waals surface area contributed by atoms with E-state index in [-0.39, 0.29) is 19.0 Å². The van der Waals surface area contributed by atoms with Crippen LogP contribution in [0, 0.1) is 5.92 Å². The van der Waals surface area contributed by atoms with Crippen LogP contribution in [0.25, 0.3) is 0 Å². The van der Waals surface area contributed by atoms with Crippen LogP contribution in [-0.2, 0) is 4.79 Å². The molecule has 8 heteroatoms. The van der Waals surface area contributed by atoms with Gasteiger partial charge in [-0.3, -0.25) is 9.69 Å². The van der Waals surface area contributed by atoms with Gasteiger partial charge in [-0.05, 0) is 41.8 Å². The highest BCUT2D eigenvalue weighted by Gasteiger charge is 2.34. The van der Waals surface area contributed by atoms with E-state index in [1.807, 2.05) is 5.38 Å². The Balaban J connectivity index is 1.79. The number of rotatable bonds is 5. The smallest absolute Gasteiger partial charge is 0.387 e. The number of thiophene rings is 1. The first kappa shape index (κ1) is 17.2. The summed E-state index contributed by atoms with van der Waals surface area (Å²) in [5.41, 5.74) is 0.729. The van der Waals surface area contributed by atoms with Crippen molar-refractivity contribution in [3.63, 3.8) is 0 Å². The van der Waals surface area contributed by atoms with E-state index in [0.29, 0.717) is 19.4 Å². The van der Waals surface area contributed by atoms with Crippen LogP contribution in [0.4, 0.5) is 13.2 Å². The normalized spacial score (nSPS) is 21.5. The maximum atomic E-state index is 12.4. The number of carbonyl (C=O) groups is 1. The van der Waals surface area contributed by atoms with Crippen LogP contribution in [0.1, 0.15) is 24.5 Å². The Kier molecular flexibility index (Phi) is 5.82. The van der Waals surface area contributed by atoms with Gasteiger partial charge in [0.15, 0.2) is 0 Å². The number of likely N-dealkylation sites (tertiary alicyclic amines) is 1. The highest BCUT2D eigenvalue weighted by molar-refractivity contribution is 7.07. The zero-order chi connectivity index (χ0) is 16.2. The van der Waals surface area contributed by atoms with Crippen molar-refractivity contribution < 1.29 is 23.1 Å². The summed E-state index contributed by atoms with van der Waals surface area (Å²) in [6, 6.07) is 1.77. The Morgan fingerprint density at radius 1 is 1.55 bits per heavy atom. The number of hydrogen-bond acceptors (Lipinski definition) is 4. The number of carbonyl (C=O) groups excluding carboxylic acids is 1. The number of halogens is 3. The molecule has 1 fully saturated rings. The first-order chi connectivity index (χ1) is 10.3. The van der Waals surface area contributed by atoms with Gasteiger partial charge in [-0.15, -0.1) is 0 Å². The molecule has 22 heavy (non-hydrogen) atoms. The number of piperidine rings is 1. The molecule has 1 amide bonds. The fourth-order valence-corrected chi connectivity index (χ4v) is 3.30. The number of amides is 1. The lowest BCUT2D eigenvalue weighted by Crippen LogP contribution is -2.46. The van der Waals surface area contributed by atoms with Gasteiger partial charge >= 0.3 is 6.18 Å². The van der Waals surface area contributed by atoms with Gasteiger partial charge in [0.2, 0.25) is 5.91 Å². The van der Waals surface area contributed by atoms with Crippen LogP contribution < -0.4 is 5.32 Å². The number of alkyl halides is 3. The first-order valence-electron chi connectivity index (χ1n) is 7.12. The predicted octanol–water partition coefficient (Wildman–Crippen LogP) is 2.17. The molecule has 124 valence electrons. The number of nitrogens with one attached hydrogen (secondary N) is 1. The average Bonchev–Trinajstić information content (AvgIpc) is 2.97. The van der Waals surface area contributed by atoms with Crippen molar-refractivity contribution in [2.24, 2.45) is 5.92 Å². The molecule has 1 aliphatic heterocycles. The zero-order valence-corrected chi connectivity index (χ0v) is 12.8. The third kappa shape index (κ3) is 5.26. The molecule has 1 aliphatic rings. The summed E-state index contributed by atoms with van der Waals surface area (Å²) < 4.78 is 37.2. The Bertz CT molecular complexity index is 479. The molecule has 2 N–H and O–H groups in total. The largest absolute Gasteiger partial charge is 0.401 e. The molecule has 1 aromatic heterocycles. The number of aliphatic hydroxyl groups excluding tert-OH is 1. The molecule has 0 aromatic carbocycles. The molecule has 0 radical (unpaired) electrons. The Labute approximate surface area is 130 Å². The molecular weight excluding hydrogens is 317 g/mol. The molecule has 1 saturated heterocycles. The molecule has 2 unspecified atom stereocenters. The molecule has 1 aromatic rings. The van der Waals surface area contributed by atoms with Crippen molar-refractivity contribution in [3.05, 3.63) is 22.4 Å². The van der Waals surface area contributed by atoms with Crippen molar-refractivity contribution in [2.45, 2.75) is 25.1 Å². The number of aliphatic hydroxyl groups is 1. The maximum Gasteiger partial charge on any atom is 0.401 e. The maximum absolute atomic E-state index is 12.4. The summed E-state index contributed by atoms with van der Waals surface area (Å²) in [5.74, 6) is -0.744. The summed E-state index contributed by atoms with van der Waals surface area (Å²) >= 11 is 1.45. The molecule has 0 spiro atoms. The highest BCUT2D eigenvalue weighted by Crippen LogP contribution is 2.22. The predicted molar refractivity (Wildman–Crippen MR) is 77.5 cm³/mol. The van der Waals surface area contributed by atoms with E-state index in [4.69, 9.17) is 0 Å². The molecule has 2 heterocycles. The molecule has 2 rings (SSSR count). The minimum atomic E-state index is -4.24. The van der Waals surface area contributed by atoms with E-state index in [1.54, 1.807) is 11.4 Å². The molecule has 0 bridgehead atoms. The number of nitrogens with zero attached hydrogens (tertiary/aromatic N) is 1. The van der Waals surface area contributed by atoms with E-state index in [2.05, 4.69) is 5.32 Å². The van der Waals surface area contributed by atoms with Gasteiger partial charge in [0, 0.05) is 13.1 Å². The number of hydrogen-bond donors (Lipinski definition) is 2. The summed E-state index contributed by atoms with van der Waals surface area (Å²) in [7, 11) is 0. The second kappa shape index (κ2) is 7.43. The van der Waals surface area contributed by atoms with Crippen molar-refractivity contribution in [1.82, 2.24) is 10.2 Å². The van der Waals surface area contributed by atoms with E-state index in [1.165, 1.54) is 16.2 Å². The minimum Gasteiger partial charge on any atom is -0.387 e. The van der Waals surface area contributed by atoms with Crippen LogP contribution >= 0.6 is 11.3 Å². The Morgan fingerprint density at radius 3 is 2.95 bits per heavy atom. The van der Waals surface area contributed by atoms with Gasteiger partial charge in [-0.25, -0.2) is 0 Å². The fourth-order valence-electron chi connectivity index (χ4n) is 2.59. The van der Waals surface area contributed by atoms with Crippen LogP contribution in [0.3, 0.4) is 0 Å². The van der Waals surface area contributed by atoms with Gasteiger partial charge in [-0.1, -0.05) is 0 Å². The highest BCUT2D eigenvalue weighted by atomic mass is 32.1. The van der Waals surface area contributed by atoms with Gasteiger partial charge in [0.05, 0.1) is 18.6 Å². The average molecular weight is 336 g/mol. The summed E-state index contributed by atoms with van der Waals surface area (Å²) in [4.78, 5) is 13.3. The molecule has 0 saturated carbocycles. The molecule has 2 atom stereocenters. The fraction of sp³-hybridized carbons (Fsp3) is 0.643. The second-order valence-electron chi connectivity index (χ2n) is 5.51. The van der Waals surface area contributed by atoms with Gasteiger partial charge in [-0.2, -0.15) is 24.5 Å². The van der Waals surface area contributed by atoms with Crippen molar-refractivity contribution in [3.8, 4) is 0 Å². The van der Waals surface area contributed by atoms with Crippen molar-refractivity contribution >= 4 is 17.2 Å². The quantitative estimate of drug-likeness (QED) is 0.866. The summed E-state index contributed by atoms with van der Waals surface area (Å²) in [5, 5.41) is 16.1. The standard InChI is InChI=1S/C14H19F3N2O2S/c15-14(16,17)9-19-4-1-2-10(7-19)13(21)18-6-12(20)11-3-5-22-8-11/h3,5,8,10,12,20H,1-2,4,6-7,9H2,(H,18,21). The van der Waals surface area contributed by atoms with Gasteiger partial charge in [0.25, 0.3) is 0 Å². The van der Waals surface area contributed by atoms with Crippen LogP contribution in [0.15, 0.2) is 16.8 Å². The van der Waals surface area contributed by atoms with E-state index < -0.39 is 24.7 Å². The zero-order valence-electron chi connectivity index (χ0n) is 12.0. The topological polar surface area (TPSA) is 52.6 Å². The SMILES string of the molecule is O=C(NCC(O)c1ccsc1)C1CCCN(CC(F)(F)F)C1. The second-order valence-corrected chi connectivity index (χ2v) is 6.29. The van der Waals surface area contributed by atoms with Crippen LogP contribution in [-0.4, -0.2) is 48.3 Å². The third-order valence-electron chi connectivity index (χ3n) is 3.68. The molecular formula is C14H19F3N2O2S. The minimum absolute atomic E-state index is 0.0747. The lowest BCUT2D eigenvalue weighted by molar-refractivity contribution is -0.152. The molecule has 0 aliphatic carbocycles. The van der Waals surface area contributed by atoms with Crippen molar-refractivity contribution in [1.29, 1.82) is 0 Å². The van der Waals surface area contributed by atoms with E-state index in [9.17, 15) is 23.1 Å². The van der Waals surface area contributed by atoms with Crippen LogP contribution in [0.5, 0.6) is 0 Å². The summed E-state index contributed by atoms with van der Waals surface area (Å²) in [6.07, 6.45) is -3.88. The molecule has 4 nitrogen and oxygen atoms in total. The van der Waals surface area contributed by atoms with Crippen molar-refractivity contribution in [2.75, 3.05) is 26.2 Å². The Hall–Kier alpha value is -1.12. The third-order valence-corrected chi connectivity index (χ3v) is 4.38. The van der Waals surface area contributed by atoms with E-state index in [0.717, 1.165) is 5.56 Å². The lowest BCUT2D eigenvalue weighted by Gasteiger charge is -2.32. The van der Waals surface area contributed by atoms with E-state index >= 15 is 0 Å². The van der Waals surface area contributed by atoms with Gasteiger partial charge in [0.1, 0.15) is 0 Å². The van der Waals surface area contributed by atoms with Crippen LogP contribution in [0.2, 0.25) is 0 Å². The Morgan fingerprint density at radius 2 is 2.32 bits per heavy atom.